The van der Waals surface area contributed by atoms with Gasteiger partial charge in [0.05, 0.1) is 39.5 Å². The lowest BCUT2D eigenvalue weighted by molar-refractivity contribution is 1.07. The van der Waals surface area contributed by atoms with Gasteiger partial charge in [-0.3, -0.25) is 9.55 Å². The highest BCUT2D eigenvalue weighted by atomic mass is 15.1. The summed E-state index contributed by atoms with van der Waals surface area (Å²) < 4.78 is 2.19. The zero-order valence-corrected chi connectivity index (χ0v) is 24.2. The molecule has 0 aliphatic rings. The highest BCUT2D eigenvalue weighted by molar-refractivity contribution is 6.12. The van der Waals surface area contributed by atoms with Gasteiger partial charge in [-0.15, -0.1) is 0 Å². The number of hydrogen-bond donors (Lipinski definition) is 0. The van der Waals surface area contributed by atoms with Crippen molar-refractivity contribution in [3.05, 3.63) is 152 Å². The molecule has 0 N–H and O–H groups in total. The molecule has 0 amide bonds. The minimum absolute atomic E-state index is 0.791. The molecule has 0 bridgehead atoms. The van der Waals surface area contributed by atoms with E-state index in [1.54, 1.807) is 0 Å². The van der Waals surface area contributed by atoms with Crippen molar-refractivity contribution in [2.75, 3.05) is 0 Å². The molecule has 0 atom stereocenters. The summed E-state index contributed by atoms with van der Waals surface area (Å²) in [6.07, 6.45) is 3.75. The van der Waals surface area contributed by atoms with Crippen LogP contribution in [0.4, 0.5) is 0 Å². The molecular weight excluding hydrogens is 550 g/mol. The third kappa shape index (κ3) is 4.17. The normalized spacial score (nSPS) is 11.6. The minimum atomic E-state index is 0.791. The number of fused-ring (bicyclic) bond motifs is 5. The molecule has 210 valence electrons. The van der Waals surface area contributed by atoms with E-state index in [1.807, 2.05) is 60.9 Å². The van der Waals surface area contributed by atoms with E-state index < -0.39 is 0 Å². The van der Waals surface area contributed by atoms with Crippen LogP contribution in [0.25, 0.3) is 83.2 Å². The van der Waals surface area contributed by atoms with Crippen molar-refractivity contribution in [1.29, 1.82) is 0 Å². The Morgan fingerprint density at radius 1 is 0.400 bits per heavy atom. The van der Waals surface area contributed by atoms with Crippen LogP contribution < -0.4 is 0 Å². The maximum Gasteiger partial charge on any atom is 0.138 e. The van der Waals surface area contributed by atoms with E-state index >= 15 is 0 Å². The zero-order chi connectivity index (χ0) is 29.7. The Hall–Kier alpha value is -6.20. The Bertz CT molecular complexity index is 2460. The summed E-state index contributed by atoms with van der Waals surface area (Å²) in [5.74, 6) is 0.833. The maximum absolute atomic E-state index is 5.18. The number of benzene rings is 4. The van der Waals surface area contributed by atoms with Gasteiger partial charge < -0.3 is 0 Å². The van der Waals surface area contributed by atoms with Crippen LogP contribution in [0.15, 0.2) is 152 Å². The molecule has 5 nitrogen and oxygen atoms in total. The van der Waals surface area contributed by atoms with Crippen molar-refractivity contribution >= 4 is 43.4 Å². The van der Waals surface area contributed by atoms with Crippen LogP contribution >= 0.6 is 0 Å². The first-order chi connectivity index (χ1) is 22.3. The van der Waals surface area contributed by atoms with Gasteiger partial charge in [-0.1, -0.05) is 84.9 Å². The Kier molecular flexibility index (Phi) is 5.74. The second kappa shape index (κ2) is 10.2. The van der Waals surface area contributed by atoms with Crippen LogP contribution in [0, 0.1) is 0 Å². The van der Waals surface area contributed by atoms with Gasteiger partial charge in [0.15, 0.2) is 0 Å². The largest absolute Gasteiger partial charge is 0.294 e. The first kappa shape index (κ1) is 25.3. The van der Waals surface area contributed by atoms with Crippen LogP contribution in [0.3, 0.4) is 0 Å². The van der Waals surface area contributed by atoms with Crippen LogP contribution in [0.2, 0.25) is 0 Å². The number of nitrogens with zero attached hydrogens (tertiary/aromatic N) is 5. The van der Waals surface area contributed by atoms with E-state index in [0.717, 1.165) is 61.7 Å². The third-order valence-corrected chi connectivity index (χ3v) is 8.49. The highest BCUT2D eigenvalue weighted by Gasteiger charge is 2.15. The maximum atomic E-state index is 5.18. The lowest BCUT2D eigenvalue weighted by Gasteiger charge is -2.13. The van der Waals surface area contributed by atoms with Crippen molar-refractivity contribution in [3.63, 3.8) is 0 Å². The van der Waals surface area contributed by atoms with Gasteiger partial charge in [-0.25, -0.2) is 15.0 Å². The number of aromatic nitrogens is 5. The first-order valence-electron chi connectivity index (χ1n) is 15.0. The molecular formula is C40H25N5. The Morgan fingerprint density at radius 2 is 0.933 bits per heavy atom. The fraction of sp³-hybridized carbons (Fsp3) is 0. The molecule has 0 fully saturated rings. The van der Waals surface area contributed by atoms with Gasteiger partial charge in [0.1, 0.15) is 5.82 Å². The van der Waals surface area contributed by atoms with Crippen molar-refractivity contribution in [2.24, 2.45) is 0 Å². The molecule has 4 aromatic carbocycles. The van der Waals surface area contributed by atoms with Crippen molar-refractivity contribution < 1.29 is 0 Å². The molecule has 5 heterocycles. The van der Waals surface area contributed by atoms with Crippen LogP contribution in [0.5, 0.6) is 0 Å². The molecule has 5 heteroatoms. The lowest BCUT2D eigenvalue weighted by Crippen LogP contribution is -1.99. The average molecular weight is 576 g/mol. The molecule has 9 aromatic rings. The van der Waals surface area contributed by atoms with Crippen LogP contribution in [-0.4, -0.2) is 24.5 Å². The first-order valence-corrected chi connectivity index (χ1v) is 15.0. The number of pyridine rings is 4. The predicted octanol–water partition coefficient (Wildman–Crippen LogP) is 9.67. The van der Waals surface area contributed by atoms with Gasteiger partial charge in [0.2, 0.25) is 0 Å². The summed E-state index contributed by atoms with van der Waals surface area (Å²) in [7, 11) is 0. The van der Waals surface area contributed by atoms with Crippen molar-refractivity contribution in [3.8, 4) is 39.9 Å². The summed E-state index contributed by atoms with van der Waals surface area (Å²) in [5, 5.41) is 7.02. The van der Waals surface area contributed by atoms with Gasteiger partial charge in [-0.2, -0.15) is 0 Å². The molecule has 0 unspecified atom stereocenters. The Balaban J connectivity index is 1.16. The quantitative estimate of drug-likeness (QED) is 0.196. The van der Waals surface area contributed by atoms with Crippen molar-refractivity contribution in [1.82, 2.24) is 24.5 Å². The number of rotatable bonds is 4. The third-order valence-electron chi connectivity index (χ3n) is 8.49. The summed E-state index contributed by atoms with van der Waals surface area (Å²) in [6, 6.07) is 48.0. The van der Waals surface area contributed by atoms with E-state index in [1.165, 1.54) is 21.5 Å². The van der Waals surface area contributed by atoms with E-state index in [-0.39, 0.29) is 0 Å². The number of para-hydroxylation sites is 1. The SMILES string of the molecule is c1cc(-c2cccc(-c3c4ccccc4cc4ccccc34)n2)nc(-c2cccc(-n3c4ccccc4c4cnccc43)n2)c1. The molecule has 9 rings (SSSR count). The van der Waals surface area contributed by atoms with Gasteiger partial charge in [0.25, 0.3) is 0 Å². The molecule has 5 aromatic heterocycles. The summed E-state index contributed by atoms with van der Waals surface area (Å²) in [6.45, 7) is 0. The molecule has 0 saturated heterocycles. The molecule has 0 spiro atoms. The molecule has 45 heavy (non-hydrogen) atoms. The summed E-state index contributed by atoms with van der Waals surface area (Å²) in [5.41, 5.74) is 7.43. The zero-order valence-electron chi connectivity index (χ0n) is 24.2. The summed E-state index contributed by atoms with van der Waals surface area (Å²) in [4.78, 5) is 19.8. The highest BCUT2D eigenvalue weighted by Crippen LogP contribution is 2.36. The van der Waals surface area contributed by atoms with Crippen LogP contribution in [-0.2, 0) is 0 Å². The van der Waals surface area contributed by atoms with Gasteiger partial charge >= 0.3 is 0 Å². The van der Waals surface area contributed by atoms with Crippen molar-refractivity contribution in [2.45, 2.75) is 0 Å². The van der Waals surface area contributed by atoms with E-state index in [9.17, 15) is 0 Å². The van der Waals surface area contributed by atoms with E-state index in [4.69, 9.17) is 15.0 Å². The average Bonchev–Trinajstić information content (AvgIpc) is 3.45. The standard InChI is InChI=1S/C40H25N5/c1-3-12-28-26(10-1)24-27-11-2-4-13-29(27)40(28)36-19-8-17-33(43-36)32-15-7-16-34(42-32)35-18-9-21-39(44-35)45-37-20-6-5-14-30(37)31-25-41-23-22-38(31)45/h1-25H. The fourth-order valence-electron chi connectivity index (χ4n) is 6.48. The van der Waals surface area contributed by atoms with Gasteiger partial charge in [0, 0.05) is 28.7 Å². The Labute approximate surface area is 259 Å². The second-order valence-electron chi connectivity index (χ2n) is 11.1. The van der Waals surface area contributed by atoms with Crippen LogP contribution in [0.1, 0.15) is 0 Å². The van der Waals surface area contributed by atoms with E-state index in [0.29, 0.717) is 0 Å². The lowest BCUT2D eigenvalue weighted by atomic mass is 9.94. The summed E-state index contributed by atoms with van der Waals surface area (Å²) >= 11 is 0. The fourth-order valence-corrected chi connectivity index (χ4v) is 6.48. The topological polar surface area (TPSA) is 56.5 Å². The second-order valence-corrected chi connectivity index (χ2v) is 11.1. The van der Waals surface area contributed by atoms with E-state index in [2.05, 4.69) is 101 Å². The minimum Gasteiger partial charge on any atom is -0.294 e. The molecule has 0 saturated carbocycles. The Morgan fingerprint density at radius 3 is 1.64 bits per heavy atom. The number of hydrogen-bond acceptors (Lipinski definition) is 4. The molecule has 0 aliphatic heterocycles. The van der Waals surface area contributed by atoms with Gasteiger partial charge in [-0.05, 0) is 76.1 Å². The molecule has 0 radical (unpaired) electrons. The monoisotopic (exact) mass is 575 g/mol. The predicted molar refractivity (Wildman–Crippen MR) is 183 cm³/mol. The molecule has 0 aliphatic carbocycles. The smallest absolute Gasteiger partial charge is 0.138 e.